The zero-order chi connectivity index (χ0) is 14.4. The quantitative estimate of drug-likeness (QED) is 0.849. The summed E-state index contributed by atoms with van der Waals surface area (Å²) in [6, 6.07) is 4.04. The maximum absolute atomic E-state index is 11.7. The highest BCUT2D eigenvalue weighted by Gasteiger charge is 2.18. The number of carbonyl (C=O) groups excluding carboxylic acids is 1. The molecule has 6 heteroatoms. The molecule has 1 amide bonds. The summed E-state index contributed by atoms with van der Waals surface area (Å²) in [4.78, 5) is 22.7. The maximum atomic E-state index is 11.7. The Morgan fingerprint density at radius 2 is 2.00 bits per heavy atom. The number of hydrogen-bond donors (Lipinski definition) is 2. The van der Waals surface area contributed by atoms with Gasteiger partial charge in [-0.25, -0.2) is 4.79 Å². The lowest BCUT2D eigenvalue weighted by molar-refractivity contribution is -0.141. The summed E-state index contributed by atoms with van der Waals surface area (Å²) in [5.41, 5.74) is 0.688. The Labute approximate surface area is 121 Å². The molecule has 0 aromatic heterocycles. The van der Waals surface area contributed by atoms with Gasteiger partial charge in [0.05, 0.1) is 16.5 Å². The lowest BCUT2D eigenvalue weighted by atomic mass is 10.1. The molecule has 0 aliphatic heterocycles. The van der Waals surface area contributed by atoms with Gasteiger partial charge in [0.15, 0.2) is 0 Å². The van der Waals surface area contributed by atoms with Crippen LogP contribution in [0.4, 0.5) is 0 Å². The van der Waals surface area contributed by atoms with E-state index in [0.29, 0.717) is 28.5 Å². The van der Waals surface area contributed by atoms with Gasteiger partial charge in [-0.05, 0) is 24.1 Å². The second-order valence-corrected chi connectivity index (χ2v) is 4.99. The van der Waals surface area contributed by atoms with Gasteiger partial charge in [-0.2, -0.15) is 0 Å². The molecule has 0 radical (unpaired) electrons. The van der Waals surface area contributed by atoms with Gasteiger partial charge in [0.25, 0.3) is 0 Å². The van der Waals surface area contributed by atoms with Crippen molar-refractivity contribution in [1.29, 1.82) is 0 Å². The second kappa shape index (κ2) is 7.36. The van der Waals surface area contributed by atoms with Crippen molar-refractivity contribution in [1.82, 2.24) is 5.32 Å². The molecule has 0 saturated carbocycles. The minimum atomic E-state index is -1.02. The zero-order valence-electron chi connectivity index (χ0n) is 10.5. The third-order valence-electron chi connectivity index (χ3n) is 2.56. The summed E-state index contributed by atoms with van der Waals surface area (Å²) in [5, 5.41) is 12.2. The fourth-order valence-corrected chi connectivity index (χ4v) is 1.95. The highest BCUT2D eigenvalue weighted by molar-refractivity contribution is 6.42. The normalized spacial score (nSPS) is 11.9. The van der Waals surface area contributed by atoms with Crippen LogP contribution in [-0.4, -0.2) is 23.0 Å². The molecule has 2 N–H and O–H groups in total. The first-order valence-electron chi connectivity index (χ1n) is 5.90. The smallest absolute Gasteiger partial charge is 0.326 e. The van der Waals surface area contributed by atoms with Crippen LogP contribution >= 0.6 is 23.2 Å². The topological polar surface area (TPSA) is 66.4 Å². The van der Waals surface area contributed by atoms with E-state index in [1.807, 2.05) is 6.92 Å². The average Bonchev–Trinajstić information content (AvgIpc) is 2.33. The van der Waals surface area contributed by atoms with E-state index in [-0.39, 0.29) is 12.3 Å². The number of carboxylic acid groups (broad SMARTS) is 1. The fourth-order valence-electron chi connectivity index (χ4n) is 1.63. The summed E-state index contributed by atoms with van der Waals surface area (Å²) in [5.74, 6) is -1.37. The van der Waals surface area contributed by atoms with Crippen LogP contribution in [0, 0.1) is 0 Å². The van der Waals surface area contributed by atoms with E-state index in [1.165, 1.54) is 0 Å². The maximum Gasteiger partial charge on any atom is 0.326 e. The molecule has 0 heterocycles. The molecule has 4 nitrogen and oxygen atoms in total. The predicted molar refractivity (Wildman–Crippen MR) is 74.6 cm³/mol. The number of nitrogens with one attached hydrogen (secondary N) is 1. The second-order valence-electron chi connectivity index (χ2n) is 4.17. The standard InChI is InChI=1S/C13H15Cl2NO3/c1-2-3-11(13(18)19)16-12(17)7-8-4-5-9(14)10(15)6-8/h4-6,11H,2-3,7H2,1H3,(H,16,17)(H,18,19)/t11-/m0/s1. The van der Waals surface area contributed by atoms with E-state index in [9.17, 15) is 9.59 Å². The average molecular weight is 304 g/mol. The number of benzene rings is 1. The number of aliphatic carboxylic acids is 1. The Morgan fingerprint density at radius 3 is 2.53 bits per heavy atom. The van der Waals surface area contributed by atoms with Crippen LogP contribution in [0.2, 0.25) is 10.0 Å². The highest BCUT2D eigenvalue weighted by Crippen LogP contribution is 2.22. The molecule has 1 aromatic carbocycles. The molecular formula is C13H15Cl2NO3. The Hall–Kier alpha value is -1.26. The number of amides is 1. The third kappa shape index (κ3) is 5.09. The number of hydrogen-bond acceptors (Lipinski definition) is 2. The van der Waals surface area contributed by atoms with Crippen molar-refractivity contribution in [3.05, 3.63) is 33.8 Å². The Balaban J connectivity index is 2.63. The third-order valence-corrected chi connectivity index (χ3v) is 3.30. The van der Waals surface area contributed by atoms with Crippen LogP contribution in [0.1, 0.15) is 25.3 Å². The fraction of sp³-hybridized carbons (Fsp3) is 0.385. The Kier molecular flexibility index (Phi) is 6.12. The molecule has 1 rings (SSSR count). The van der Waals surface area contributed by atoms with Gasteiger partial charge >= 0.3 is 5.97 Å². The molecule has 0 spiro atoms. The van der Waals surface area contributed by atoms with E-state index in [4.69, 9.17) is 28.3 Å². The molecule has 19 heavy (non-hydrogen) atoms. The molecule has 0 saturated heterocycles. The monoisotopic (exact) mass is 303 g/mol. The van der Waals surface area contributed by atoms with Gasteiger partial charge < -0.3 is 10.4 Å². The predicted octanol–water partition coefficient (Wildman–Crippen LogP) is 2.91. The number of halogens is 2. The summed E-state index contributed by atoms with van der Waals surface area (Å²) in [7, 11) is 0. The SMILES string of the molecule is CCC[C@H](NC(=O)Cc1ccc(Cl)c(Cl)c1)C(=O)O. The van der Waals surface area contributed by atoms with Crippen molar-refractivity contribution in [2.45, 2.75) is 32.2 Å². The number of rotatable bonds is 6. The molecule has 1 atom stereocenters. The van der Waals surface area contributed by atoms with Gasteiger partial charge in [0, 0.05) is 0 Å². The first kappa shape index (κ1) is 15.8. The Morgan fingerprint density at radius 1 is 1.32 bits per heavy atom. The molecule has 0 unspecified atom stereocenters. The molecular weight excluding hydrogens is 289 g/mol. The van der Waals surface area contributed by atoms with Crippen molar-refractivity contribution in [3.8, 4) is 0 Å². The van der Waals surface area contributed by atoms with Gasteiger partial charge in [0.2, 0.25) is 5.91 Å². The van der Waals surface area contributed by atoms with Gasteiger partial charge in [-0.3, -0.25) is 4.79 Å². The first-order chi connectivity index (χ1) is 8.93. The van der Waals surface area contributed by atoms with Crippen molar-refractivity contribution < 1.29 is 14.7 Å². The van der Waals surface area contributed by atoms with Crippen LogP contribution < -0.4 is 5.32 Å². The van der Waals surface area contributed by atoms with E-state index < -0.39 is 12.0 Å². The molecule has 1 aromatic rings. The lowest BCUT2D eigenvalue weighted by Gasteiger charge is -2.13. The molecule has 0 fully saturated rings. The van der Waals surface area contributed by atoms with Crippen molar-refractivity contribution >= 4 is 35.1 Å². The van der Waals surface area contributed by atoms with Gasteiger partial charge in [0.1, 0.15) is 6.04 Å². The van der Waals surface area contributed by atoms with E-state index in [0.717, 1.165) is 0 Å². The highest BCUT2D eigenvalue weighted by atomic mass is 35.5. The molecule has 0 aliphatic rings. The van der Waals surface area contributed by atoms with Crippen LogP contribution in [0.25, 0.3) is 0 Å². The number of carboxylic acids is 1. The van der Waals surface area contributed by atoms with E-state index >= 15 is 0 Å². The van der Waals surface area contributed by atoms with Crippen LogP contribution in [0.3, 0.4) is 0 Å². The summed E-state index contributed by atoms with van der Waals surface area (Å²) >= 11 is 11.6. The molecule has 0 aliphatic carbocycles. The number of carbonyl (C=O) groups is 2. The zero-order valence-corrected chi connectivity index (χ0v) is 12.0. The van der Waals surface area contributed by atoms with Crippen molar-refractivity contribution in [2.24, 2.45) is 0 Å². The minimum absolute atomic E-state index is 0.0738. The lowest BCUT2D eigenvalue weighted by Crippen LogP contribution is -2.41. The Bertz CT molecular complexity index is 477. The van der Waals surface area contributed by atoms with Gasteiger partial charge in [-0.15, -0.1) is 0 Å². The van der Waals surface area contributed by atoms with E-state index in [2.05, 4.69) is 5.32 Å². The summed E-state index contributed by atoms with van der Waals surface area (Å²) in [6.45, 7) is 1.86. The minimum Gasteiger partial charge on any atom is -0.480 e. The molecule has 0 bridgehead atoms. The van der Waals surface area contributed by atoms with Crippen molar-refractivity contribution in [2.75, 3.05) is 0 Å². The first-order valence-corrected chi connectivity index (χ1v) is 6.65. The van der Waals surface area contributed by atoms with Crippen LogP contribution in [0.5, 0.6) is 0 Å². The van der Waals surface area contributed by atoms with Crippen molar-refractivity contribution in [3.63, 3.8) is 0 Å². The van der Waals surface area contributed by atoms with Crippen LogP contribution in [0.15, 0.2) is 18.2 Å². The molecule has 104 valence electrons. The summed E-state index contributed by atoms with van der Waals surface area (Å²) in [6.07, 6.45) is 1.16. The van der Waals surface area contributed by atoms with Crippen LogP contribution in [-0.2, 0) is 16.0 Å². The van der Waals surface area contributed by atoms with E-state index in [1.54, 1.807) is 18.2 Å². The largest absolute Gasteiger partial charge is 0.480 e. The summed E-state index contributed by atoms with van der Waals surface area (Å²) < 4.78 is 0. The van der Waals surface area contributed by atoms with Gasteiger partial charge in [-0.1, -0.05) is 42.6 Å².